The van der Waals surface area contributed by atoms with Crippen LogP contribution in [0.3, 0.4) is 0 Å². The van der Waals surface area contributed by atoms with Crippen LogP contribution in [0.25, 0.3) is 0 Å². The summed E-state index contributed by atoms with van der Waals surface area (Å²) in [5, 5.41) is 12.1. The van der Waals surface area contributed by atoms with Gasteiger partial charge in [0.15, 0.2) is 0 Å². The number of carboxylic acids is 1. The van der Waals surface area contributed by atoms with Crippen molar-refractivity contribution in [2.24, 2.45) is 5.92 Å². The highest BCUT2D eigenvalue weighted by molar-refractivity contribution is 5.78. The molecule has 1 fully saturated rings. The number of aliphatic carboxylic acids is 1. The molecule has 1 aliphatic rings. The van der Waals surface area contributed by atoms with Gasteiger partial charge in [0.25, 0.3) is 0 Å². The molecule has 1 rings (SSSR count). The van der Waals surface area contributed by atoms with E-state index in [2.05, 4.69) is 17.1 Å². The third-order valence-corrected chi connectivity index (χ3v) is 3.84. The highest BCUT2D eigenvalue weighted by Crippen LogP contribution is 2.21. The molecule has 3 atom stereocenters. The molecule has 0 radical (unpaired) electrons. The Morgan fingerprint density at radius 2 is 2.29 bits per heavy atom. The van der Waals surface area contributed by atoms with Crippen LogP contribution in [0.15, 0.2) is 0 Å². The topological polar surface area (TPSA) is 61.8 Å². The quantitative estimate of drug-likeness (QED) is 0.733. The number of nitrogens with zero attached hydrogens (tertiary/aromatic N) is 1. The molecule has 3 unspecified atom stereocenters. The Bertz CT molecular complexity index is 272. The summed E-state index contributed by atoms with van der Waals surface area (Å²) in [4.78, 5) is 13.4. The molecule has 0 saturated carbocycles. The first kappa shape index (κ1) is 14.4. The van der Waals surface area contributed by atoms with Crippen molar-refractivity contribution in [1.29, 1.82) is 0 Å². The number of methoxy groups -OCH3 is 1. The molecule has 1 saturated heterocycles. The van der Waals surface area contributed by atoms with Crippen LogP contribution in [0.2, 0.25) is 0 Å². The van der Waals surface area contributed by atoms with Crippen LogP contribution in [0.5, 0.6) is 0 Å². The standard InChI is InChI=1S/C12H24N2O3/c1-9-5-6-14(7-10(9)17-4)8-12(2,13-3)11(15)16/h9-10,13H,5-8H2,1-4H3,(H,15,16). The summed E-state index contributed by atoms with van der Waals surface area (Å²) < 4.78 is 5.43. The molecule has 2 N–H and O–H groups in total. The van der Waals surface area contributed by atoms with E-state index in [9.17, 15) is 9.90 Å². The van der Waals surface area contributed by atoms with Crippen molar-refractivity contribution in [3.63, 3.8) is 0 Å². The number of rotatable bonds is 5. The molecule has 17 heavy (non-hydrogen) atoms. The minimum atomic E-state index is -0.890. The summed E-state index contributed by atoms with van der Waals surface area (Å²) in [6, 6.07) is 0. The molecule has 0 amide bonds. The molecule has 1 aliphatic heterocycles. The largest absolute Gasteiger partial charge is 0.480 e. The van der Waals surface area contributed by atoms with E-state index in [1.807, 2.05) is 0 Å². The predicted molar refractivity (Wildman–Crippen MR) is 66.1 cm³/mol. The van der Waals surface area contributed by atoms with Gasteiger partial charge in [-0.1, -0.05) is 6.92 Å². The zero-order chi connectivity index (χ0) is 13.1. The summed E-state index contributed by atoms with van der Waals surface area (Å²) in [7, 11) is 3.41. The maximum absolute atomic E-state index is 11.2. The number of likely N-dealkylation sites (N-methyl/N-ethyl adjacent to an activating group) is 1. The fourth-order valence-electron chi connectivity index (χ4n) is 2.25. The third-order valence-electron chi connectivity index (χ3n) is 3.84. The Labute approximate surface area is 103 Å². The molecular formula is C12H24N2O3. The van der Waals surface area contributed by atoms with E-state index >= 15 is 0 Å². The molecule has 100 valence electrons. The number of carbonyl (C=O) groups is 1. The second-order valence-corrected chi connectivity index (χ2v) is 5.16. The first-order valence-electron chi connectivity index (χ1n) is 6.10. The van der Waals surface area contributed by atoms with E-state index in [1.165, 1.54) is 0 Å². The van der Waals surface area contributed by atoms with E-state index in [1.54, 1.807) is 21.1 Å². The van der Waals surface area contributed by atoms with Crippen LogP contribution in [-0.2, 0) is 9.53 Å². The van der Waals surface area contributed by atoms with Gasteiger partial charge in [0.05, 0.1) is 6.10 Å². The summed E-state index contributed by atoms with van der Waals surface area (Å²) >= 11 is 0. The molecule has 0 aliphatic carbocycles. The second-order valence-electron chi connectivity index (χ2n) is 5.16. The van der Waals surface area contributed by atoms with Gasteiger partial charge < -0.3 is 15.2 Å². The summed E-state index contributed by atoms with van der Waals surface area (Å²) in [6.45, 7) is 6.15. The van der Waals surface area contributed by atoms with Gasteiger partial charge >= 0.3 is 5.97 Å². The molecule has 0 aromatic carbocycles. The van der Waals surface area contributed by atoms with Crippen LogP contribution in [-0.4, -0.2) is 61.4 Å². The monoisotopic (exact) mass is 244 g/mol. The molecule has 5 nitrogen and oxygen atoms in total. The second kappa shape index (κ2) is 5.80. The van der Waals surface area contributed by atoms with Crippen molar-refractivity contribution < 1.29 is 14.6 Å². The maximum atomic E-state index is 11.2. The predicted octanol–water partition coefficient (Wildman–Crippen LogP) is 0.406. The Kier molecular flexibility index (Phi) is 4.91. The van der Waals surface area contributed by atoms with E-state index in [-0.39, 0.29) is 6.10 Å². The number of hydrogen-bond donors (Lipinski definition) is 2. The smallest absolute Gasteiger partial charge is 0.324 e. The zero-order valence-electron chi connectivity index (χ0n) is 11.2. The number of carboxylic acid groups (broad SMARTS) is 1. The number of piperidine rings is 1. The normalized spacial score (nSPS) is 29.9. The molecule has 0 spiro atoms. The Morgan fingerprint density at radius 1 is 1.65 bits per heavy atom. The lowest BCUT2D eigenvalue weighted by Crippen LogP contribution is -2.58. The fourth-order valence-corrected chi connectivity index (χ4v) is 2.25. The average Bonchev–Trinajstić information content (AvgIpc) is 2.31. The Hall–Kier alpha value is -0.650. The lowest BCUT2D eigenvalue weighted by molar-refractivity contribution is -0.145. The van der Waals surface area contributed by atoms with E-state index in [4.69, 9.17) is 4.74 Å². The minimum absolute atomic E-state index is 0.207. The minimum Gasteiger partial charge on any atom is -0.480 e. The van der Waals surface area contributed by atoms with Crippen LogP contribution >= 0.6 is 0 Å². The summed E-state index contributed by atoms with van der Waals surface area (Å²) in [5.41, 5.74) is -0.890. The van der Waals surface area contributed by atoms with Crippen LogP contribution in [0.1, 0.15) is 20.3 Å². The van der Waals surface area contributed by atoms with Crippen molar-refractivity contribution in [3.8, 4) is 0 Å². The van der Waals surface area contributed by atoms with E-state index < -0.39 is 11.5 Å². The SMILES string of the molecule is CNC(C)(CN1CCC(C)C(OC)C1)C(=O)O. The van der Waals surface area contributed by atoms with Gasteiger partial charge in [-0.3, -0.25) is 9.69 Å². The Morgan fingerprint density at radius 3 is 2.76 bits per heavy atom. The number of likely N-dealkylation sites (tertiary alicyclic amines) is 1. The molecule has 1 heterocycles. The number of nitrogens with one attached hydrogen (secondary N) is 1. The van der Waals surface area contributed by atoms with Gasteiger partial charge in [-0.25, -0.2) is 0 Å². The van der Waals surface area contributed by atoms with E-state index in [0.29, 0.717) is 12.5 Å². The summed E-state index contributed by atoms with van der Waals surface area (Å²) in [6.07, 6.45) is 1.26. The average molecular weight is 244 g/mol. The van der Waals surface area contributed by atoms with Crippen molar-refractivity contribution >= 4 is 5.97 Å². The zero-order valence-corrected chi connectivity index (χ0v) is 11.2. The van der Waals surface area contributed by atoms with Gasteiger partial charge in [0.1, 0.15) is 5.54 Å². The van der Waals surface area contributed by atoms with Gasteiger partial charge in [0.2, 0.25) is 0 Å². The highest BCUT2D eigenvalue weighted by atomic mass is 16.5. The lowest BCUT2D eigenvalue weighted by Gasteiger charge is -2.39. The third kappa shape index (κ3) is 3.40. The van der Waals surface area contributed by atoms with Crippen LogP contribution in [0, 0.1) is 5.92 Å². The van der Waals surface area contributed by atoms with Crippen molar-refractivity contribution in [2.75, 3.05) is 33.8 Å². The highest BCUT2D eigenvalue weighted by Gasteiger charge is 2.36. The van der Waals surface area contributed by atoms with Crippen molar-refractivity contribution in [3.05, 3.63) is 0 Å². The summed E-state index contributed by atoms with van der Waals surface area (Å²) in [5.74, 6) is -0.269. The first-order valence-corrected chi connectivity index (χ1v) is 6.10. The van der Waals surface area contributed by atoms with Gasteiger partial charge in [-0.2, -0.15) is 0 Å². The molecule has 0 aromatic heterocycles. The van der Waals surface area contributed by atoms with E-state index in [0.717, 1.165) is 19.5 Å². The fraction of sp³-hybridized carbons (Fsp3) is 0.917. The molecule has 5 heteroatoms. The van der Waals surface area contributed by atoms with Crippen molar-refractivity contribution in [2.45, 2.75) is 31.9 Å². The van der Waals surface area contributed by atoms with Gasteiger partial charge in [-0.15, -0.1) is 0 Å². The van der Waals surface area contributed by atoms with Crippen LogP contribution < -0.4 is 5.32 Å². The Balaban J connectivity index is 2.60. The number of hydrogen-bond acceptors (Lipinski definition) is 4. The molecular weight excluding hydrogens is 220 g/mol. The van der Waals surface area contributed by atoms with Crippen molar-refractivity contribution in [1.82, 2.24) is 10.2 Å². The van der Waals surface area contributed by atoms with Gasteiger partial charge in [0, 0.05) is 20.2 Å². The first-order chi connectivity index (χ1) is 7.92. The lowest BCUT2D eigenvalue weighted by atomic mass is 9.93. The molecule has 0 bridgehead atoms. The van der Waals surface area contributed by atoms with Gasteiger partial charge in [-0.05, 0) is 32.9 Å². The number of ether oxygens (including phenoxy) is 1. The van der Waals surface area contributed by atoms with Crippen LogP contribution in [0.4, 0.5) is 0 Å². The maximum Gasteiger partial charge on any atom is 0.324 e. The molecule has 0 aromatic rings.